The monoisotopic (exact) mass is 261 g/mol. The van der Waals surface area contributed by atoms with Crippen LogP contribution in [-0.2, 0) is 19.1 Å². The fourth-order valence-electron chi connectivity index (χ4n) is 1.05. The summed E-state index contributed by atoms with van der Waals surface area (Å²) in [5.41, 5.74) is 0. The summed E-state index contributed by atoms with van der Waals surface area (Å²) in [6.45, 7) is 3.92. The first-order chi connectivity index (χ1) is 8.36. The maximum absolute atomic E-state index is 11.3. The third-order valence-electron chi connectivity index (χ3n) is 2.00. The third-order valence-corrected chi connectivity index (χ3v) is 2.00. The molecule has 0 bridgehead atoms. The van der Waals surface area contributed by atoms with Crippen molar-refractivity contribution in [1.29, 1.82) is 0 Å². The lowest BCUT2D eigenvalue weighted by atomic mass is 10.1. The zero-order chi connectivity index (χ0) is 14.1. The van der Waals surface area contributed by atoms with Gasteiger partial charge in [-0.2, -0.15) is 0 Å². The number of aliphatic carboxylic acids is 1. The summed E-state index contributed by atoms with van der Waals surface area (Å²) in [6.07, 6.45) is -0.933. The zero-order valence-electron chi connectivity index (χ0n) is 10.8. The predicted molar refractivity (Wildman–Crippen MR) is 62.0 cm³/mol. The molecule has 0 unspecified atom stereocenters. The molecular formula is C11H19NO6. The number of ether oxygens (including phenoxy) is 2. The van der Waals surface area contributed by atoms with E-state index in [-0.39, 0.29) is 25.4 Å². The van der Waals surface area contributed by atoms with Gasteiger partial charge in [-0.1, -0.05) is 13.8 Å². The largest absolute Gasteiger partial charge is 0.480 e. The Bertz CT molecular complexity index is 302. The van der Waals surface area contributed by atoms with Crippen molar-refractivity contribution in [3.8, 4) is 0 Å². The number of methoxy groups -OCH3 is 1. The molecule has 0 saturated heterocycles. The number of carbonyl (C=O) groups excluding carboxylic acids is 2. The van der Waals surface area contributed by atoms with Crippen molar-refractivity contribution < 1.29 is 29.0 Å². The second kappa shape index (κ2) is 8.32. The average molecular weight is 261 g/mol. The highest BCUT2D eigenvalue weighted by atomic mass is 16.5. The molecule has 0 aliphatic rings. The number of nitrogens with one attached hydrogen (secondary N) is 1. The minimum absolute atomic E-state index is 0.0429. The molecule has 0 aromatic heterocycles. The Morgan fingerprint density at radius 2 is 1.89 bits per heavy atom. The van der Waals surface area contributed by atoms with Crippen LogP contribution in [0.1, 0.15) is 26.7 Å². The molecule has 0 saturated carbocycles. The van der Waals surface area contributed by atoms with Crippen LogP contribution in [0.2, 0.25) is 0 Å². The van der Waals surface area contributed by atoms with Gasteiger partial charge in [0, 0.05) is 6.42 Å². The van der Waals surface area contributed by atoms with Crippen LogP contribution in [-0.4, -0.2) is 42.9 Å². The highest BCUT2D eigenvalue weighted by molar-refractivity contribution is 5.80. The topological polar surface area (TPSA) is 102 Å². The van der Waals surface area contributed by atoms with Crippen molar-refractivity contribution in [1.82, 2.24) is 5.32 Å². The van der Waals surface area contributed by atoms with E-state index in [9.17, 15) is 14.4 Å². The van der Waals surface area contributed by atoms with Gasteiger partial charge in [0.25, 0.3) is 0 Å². The molecule has 7 nitrogen and oxygen atoms in total. The van der Waals surface area contributed by atoms with E-state index in [0.717, 1.165) is 0 Å². The van der Waals surface area contributed by atoms with Crippen LogP contribution >= 0.6 is 0 Å². The van der Waals surface area contributed by atoms with Crippen LogP contribution in [0.4, 0.5) is 4.79 Å². The Morgan fingerprint density at radius 3 is 2.33 bits per heavy atom. The van der Waals surface area contributed by atoms with Gasteiger partial charge in [-0.15, -0.1) is 0 Å². The van der Waals surface area contributed by atoms with Crippen LogP contribution in [0, 0.1) is 5.92 Å². The van der Waals surface area contributed by atoms with Crippen LogP contribution in [0.3, 0.4) is 0 Å². The van der Waals surface area contributed by atoms with Crippen LogP contribution in [0.15, 0.2) is 0 Å². The lowest BCUT2D eigenvalue weighted by Crippen LogP contribution is -2.41. The molecule has 104 valence electrons. The molecule has 0 spiro atoms. The Kier molecular flexibility index (Phi) is 7.50. The lowest BCUT2D eigenvalue weighted by Gasteiger charge is -2.14. The van der Waals surface area contributed by atoms with Crippen LogP contribution in [0.25, 0.3) is 0 Å². The van der Waals surface area contributed by atoms with Crippen molar-refractivity contribution in [3.63, 3.8) is 0 Å². The molecular weight excluding hydrogens is 242 g/mol. The minimum Gasteiger partial charge on any atom is -0.480 e. The summed E-state index contributed by atoms with van der Waals surface area (Å²) >= 11 is 0. The van der Waals surface area contributed by atoms with E-state index in [4.69, 9.17) is 9.84 Å². The Morgan fingerprint density at radius 1 is 1.28 bits per heavy atom. The van der Waals surface area contributed by atoms with E-state index in [1.54, 1.807) is 0 Å². The molecule has 7 heteroatoms. The smallest absolute Gasteiger partial charge is 0.407 e. The number of hydrogen-bond donors (Lipinski definition) is 2. The zero-order valence-corrected chi connectivity index (χ0v) is 10.8. The van der Waals surface area contributed by atoms with Gasteiger partial charge in [-0.25, -0.2) is 9.59 Å². The normalized spacial score (nSPS) is 11.8. The summed E-state index contributed by atoms with van der Waals surface area (Å²) in [5.74, 6) is -1.59. The molecule has 1 atom stereocenters. The minimum atomic E-state index is -1.22. The van der Waals surface area contributed by atoms with E-state index in [0.29, 0.717) is 0 Å². The van der Waals surface area contributed by atoms with Crippen LogP contribution in [0.5, 0.6) is 0 Å². The Balaban J connectivity index is 4.15. The number of alkyl carbamates (subject to hydrolysis) is 1. The summed E-state index contributed by atoms with van der Waals surface area (Å²) < 4.78 is 9.18. The van der Waals surface area contributed by atoms with E-state index in [1.165, 1.54) is 7.11 Å². The number of hydrogen-bond acceptors (Lipinski definition) is 5. The second-order valence-corrected chi connectivity index (χ2v) is 4.14. The first-order valence-electron chi connectivity index (χ1n) is 5.59. The fraction of sp³-hybridized carbons (Fsp3) is 0.727. The number of carboxylic acids is 1. The van der Waals surface area contributed by atoms with Gasteiger partial charge in [-0.05, 0) is 12.3 Å². The molecule has 2 N–H and O–H groups in total. The molecule has 0 aliphatic heterocycles. The van der Waals surface area contributed by atoms with E-state index in [2.05, 4.69) is 10.1 Å². The quantitative estimate of drug-likeness (QED) is 0.656. The van der Waals surface area contributed by atoms with Gasteiger partial charge in [0.2, 0.25) is 0 Å². The van der Waals surface area contributed by atoms with Gasteiger partial charge in [0.1, 0.15) is 6.04 Å². The third kappa shape index (κ3) is 7.48. The van der Waals surface area contributed by atoms with Crippen molar-refractivity contribution >= 4 is 18.0 Å². The van der Waals surface area contributed by atoms with Crippen LogP contribution < -0.4 is 5.32 Å². The molecule has 1 amide bonds. The number of esters is 1. The summed E-state index contributed by atoms with van der Waals surface area (Å²) in [7, 11) is 1.21. The predicted octanol–water partition coefficient (Wildman–Crippen LogP) is 0.775. The fourth-order valence-corrected chi connectivity index (χ4v) is 1.05. The molecule has 0 aromatic rings. The average Bonchev–Trinajstić information content (AvgIpc) is 2.30. The van der Waals surface area contributed by atoms with Gasteiger partial charge in [-0.3, -0.25) is 4.79 Å². The maximum atomic E-state index is 11.3. The molecule has 0 fully saturated rings. The van der Waals surface area contributed by atoms with Crippen molar-refractivity contribution in [2.24, 2.45) is 5.92 Å². The second-order valence-electron chi connectivity index (χ2n) is 4.14. The van der Waals surface area contributed by atoms with E-state index < -0.39 is 24.1 Å². The highest BCUT2D eigenvalue weighted by Crippen LogP contribution is 2.01. The van der Waals surface area contributed by atoms with Gasteiger partial charge in [0.15, 0.2) is 0 Å². The van der Waals surface area contributed by atoms with Crippen molar-refractivity contribution in [3.05, 3.63) is 0 Å². The highest BCUT2D eigenvalue weighted by Gasteiger charge is 2.21. The molecule has 0 rings (SSSR count). The summed E-state index contributed by atoms with van der Waals surface area (Å²) in [5, 5.41) is 11.0. The van der Waals surface area contributed by atoms with E-state index >= 15 is 0 Å². The van der Waals surface area contributed by atoms with E-state index in [1.807, 2.05) is 13.8 Å². The molecule has 0 aliphatic carbocycles. The number of carboxylic acid groups (broad SMARTS) is 1. The van der Waals surface area contributed by atoms with Crippen molar-refractivity contribution in [2.45, 2.75) is 32.7 Å². The molecule has 18 heavy (non-hydrogen) atoms. The Labute approximate surface area is 105 Å². The number of rotatable bonds is 7. The number of amides is 1. The standard InChI is InChI=1S/C11H19NO6/c1-7(2)6-18-11(16)12-8(10(14)15)4-5-9(13)17-3/h7-8H,4-6H2,1-3H3,(H,12,16)(H,14,15)/t8-/m1/s1. The summed E-state index contributed by atoms with van der Waals surface area (Å²) in [6, 6.07) is -1.16. The molecule has 0 heterocycles. The maximum Gasteiger partial charge on any atom is 0.407 e. The lowest BCUT2D eigenvalue weighted by molar-refractivity contribution is -0.142. The molecule has 0 radical (unpaired) electrons. The first kappa shape index (κ1) is 16.2. The first-order valence-corrected chi connectivity index (χ1v) is 5.59. The van der Waals surface area contributed by atoms with Crippen molar-refractivity contribution in [2.75, 3.05) is 13.7 Å². The number of carbonyl (C=O) groups is 3. The Hall–Kier alpha value is -1.79. The SMILES string of the molecule is COC(=O)CC[C@@H](NC(=O)OCC(C)C)C(=O)O. The molecule has 0 aromatic carbocycles. The summed E-state index contributed by atoms with van der Waals surface area (Å²) in [4.78, 5) is 33.0. The van der Waals surface area contributed by atoms with Gasteiger partial charge in [0.05, 0.1) is 13.7 Å². The van der Waals surface area contributed by atoms with Gasteiger partial charge < -0.3 is 19.9 Å². The van der Waals surface area contributed by atoms with Gasteiger partial charge >= 0.3 is 18.0 Å².